The van der Waals surface area contributed by atoms with Gasteiger partial charge < -0.3 is 4.79 Å². The summed E-state index contributed by atoms with van der Waals surface area (Å²) in [6.45, 7) is 10.3. The van der Waals surface area contributed by atoms with Crippen LogP contribution in [-0.4, -0.2) is 6.29 Å². The van der Waals surface area contributed by atoms with Crippen LogP contribution in [0.2, 0.25) is 0 Å². The van der Waals surface area contributed by atoms with E-state index in [-0.39, 0.29) is 5.41 Å². The lowest BCUT2D eigenvalue weighted by molar-refractivity contribution is -0.117. The minimum atomic E-state index is -0.142. The van der Waals surface area contributed by atoms with Crippen molar-refractivity contribution in [3.8, 4) is 0 Å². The molecule has 0 aromatic carbocycles. The molecule has 0 saturated heterocycles. The number of carbonyl (C=O) groups is 1. The van der Waals surface area contributed by atoms with Crippen LogP contribution < -0.4 is 0 Å². The second-order valence-corrected chi connectivity index (χ2v) is 4.04. The maximum Gasteiger partial charge on any atom is 0.126 e. The van der Waals surface area contributed by atoms with Crippen molar-refractivity contribution in [3.05, 3.63) is 12.2 Å². The molecule has 1 aliphatic carbocycles. The first-order valence-electron chi connectivity index (χ1n) is 4.15. The van der Waals surface area contributed by atoms with Gasteiger partial charge in [0, 0.05) is 5.41 Å². The van der Waals surface area contributed by atoms with Crippen molar-refractivity contribution in [1.29, 1.82) is 0 Å². The molecule has 0 radical (unpaired) electrons. The lowest BCUT2D eigenvalue weighted by Crippen LogP contribution is -2.23. The average molecular weight is 152 g/mol. The van der Waals surface area contributed by atoms with Gasteiger partial charge >= 0.3 is 0 Å². The van der Waals surface area contributed by atoms with E-state index in [1.54, 1.807) is 0 Å². The van der Waals surface area contributed by atoms with Crippen molar-refractivity contribution < 1.29 is 4.79 Å². The van der Waals surface area contributed by atoms with Gasteiger partial charge in [-0.05, 0) is 18.3 Å². The molecule has 0 heterocycles. The molecule has 0 spiro atoms. The maximum absolute atomic E-state index is 10.8. The monoisotopic (exact) mass is 152 g/mol. The predicted molar refractivity (Wildman–Crippen MR) is 46.3 cm³/mol. The number of carbonyl (C=O) groups excluding carboxylic acids is 1. The number of rotatable bonds is 1. The van der Waals surface area contributed by atoms with Crippen LogP contribution in [0.4, 0.5) is 0 Å². The number of hydrogen-bond donors (Lipinski definition) is 0. The number of allylic oxidation sites excluding steroid dienone is 1. The van der Waals surface area contributed by atoms with Gasteiger partial charge in [0.15, 0.2) is 0 Å². The van der Waals surface area contributed by atoms with Crippen LogP contribution in [0.3, 0.4) is 0 Å². The van der Waals surface area contributed by atoms with Crippen molar-refractivity contribution in [2.75, 3.05) is 0 Å². The van der Waals surface area contributed by atoms with E-state index in [9.17, 15) is 4.79 Å². The molecular weight excluding hydrogens is 136 g/mol. The van der Waals surface area contributed by atoms with Gasteiger partial charge in [0.2, 0.25) is 0 Å². The van der Waals surface area contributed by atoms with Gasteiger partial charge in [0.25, 0.3) is 0 Å². The van der Waals surface area contributed by atoms with E-state index in [1.165, 1.54) is 5.57 Å². The fourth-order valence-corrected chi connectivity index (χ4v) is 1.88. The van der Waals surface area contributed by atoms with Gasteiger partial charge in [-0.1, -0.05) is 32.9 Å². The Hall–Kier alpha value is -0.590. The molecule has 1 rings (SSSR count). The van der Waals surface area contributed by atoms with Crippen LogP contribution in [0.25, 0.3) is 0 Å². The standard InChI is InChI=1S/C10H16O/c1-7-5-10(4,6-11)9(3)8(7)2/h6,8-9H,1,5H2,2-4H3/t8?,9?,10-/m0/s1. The molecule has 1 nitrogen and oxygen atoms in total. The summed E-state index contributed by atoms with van der Waals surface area (Å²) in [4.78, 5) is 10.8. The van der Waals surface area contributed by atoms with Gasteiger partial charge in [-0.25, -0.2) is 0 Å². The number of aldehydes is 1. The highest BCUT2D eigenvalue weighted by atomic mass is 16.1. The lowest BCUT2D eigenvalue weighted by Gasteiger charge is -2.22. The molecule has 0 amide bonds. The molecule has 11 heavy (non-hydrogen) atoms. The highest BCUT2D eigenvalue weighted by Gasteiger charge is 2.42. The van der Waals surface area contributed by atoms with E-state index >= 15 is 0 Å². The van der Waals surface area contributed by atoms with Crippen molar-refractivity contribution in [2.24, 2.45) is 17.3 Å². The van der Waals surface area contributed by atoms with E-state index in [2.05, 4.69) is 20.4 Å². The molecule has 0 bridgehead atoms. The van der Waals surface area contributed by atoms with Crippen LogP contribution in [0.5, 0.6) is 0 Å². The Bertz CT molecular complexity index is 195. The normalized spacial score (nSPS) is 44.5. The van der Waals surface area contributed by atoms with E-state index in [1.807, 2.05) is 6.92 Å². The Kier molecular flexibility index (Phi) is 1.91. The van der Waals surface area contributed by atoms with Crippen LogP contribution >= 0.6 is 0 Å². The molecule has 62 valence electrons. The van der Waals surface area contributed by atoms with Crippen molar-refractivity contribution in [3.63, 3.8) is 0 Å². The Morgan fingerprint density at radius 1 is 1.64 bits per heavy atom. The molecule has 3 atom stereocenters. The first-order chi connectivity index (χ1) is 5.01. The fraction of sp³-hybridized carbons (Fsp3) is 0.700. The third-order valence-electron chi connectivity index (χ3n) is 3.31. The van der Waals surface area contributed by atoms with E-state index in [4.69, 9.17) is 0 Å². The van der Waals surface area contributed by atoms with E-state index in [0.717, 1.165) is 12.7 Å². The van der Waals surface area contributed by atoms with Crippen LogP contribution in [0.15, 0.2) is 12.2 Å². The fourth-order valence-electron chi connectivity index (χ4n) is 1.88. The maximum atomic E-state index is 10.8. The van der Waals surface area contributed by atoms with Gasteiger partial charge in [0.05, 0.1) is 0 Å². The number of hydrogen-bond acceptors (Lipinski definition) is 1. The zero-order valence-electron chi connectivity index (χ0n) is 7.55. The van der Waals surface area contributed by atoms with Crippen LogP contribution in [-0.2, 0) is 4.79 Å². The largest absolute Gasteiger partial charge is 0.303 e. The second-order valence-electron chi connectivity index (χ2n) is 4.04. The first kappa shape index (κ1) is 8.51. The smallest absolute Gasteiger partial charge is 0.126 e. The molecular formula is C10H16O. The third kappa shape index (κ3) is 1.13. The molecule has 1 aliphatic rings. The molecule has 1 heteroatoms. The summed E-state index contributed by atoms with van der Waals surface area (Å²) in [5.41, 5.74) is 1.09. The van der Waals surface area contributed by atoms with Crippen molar-refractivity contribution >= 4 is 6.29 Å². The summed E-state index contributed by atoms with van der Waals surface area (Å²) in [6.07, 6.45) is 1.96. The highest BCUT2D eigenvalue weighted by molar-refractivity contribution is 5.61. The Morgan fingerprint density at radius 3 is 2.36 bits per heavy atom. The summed E-state index contributed by atoms with van der Waals surface area (Å²) in [7, 11) is 0. The minimum Gasteiger partial charge on any atom is -0.303 e. The van der Waals surface area contributed by atoms with Gasteiger partial charge in [-0.15, -0.1) is 0 Å². The zero-order chi connectivity index (χ0) is 8.65. The SMILES string of the molecule is C=C1C[C@@](C)(C=O)C(C)C1C. The summed E-state index contributed by atoms with van der Waals surface area (Å²) in [5.74, 6) is 0.956. The summed E-state index contributed by atoms with van der Waals surface area (Å²) >= 11 is 0. The summed E-state index contributed by atoms with van der Waals surface area (Å²) < 4.78 is 0. The highest BCUT2D eigenvalue weighted by Crippen LogP contribution is 2.47. The quantitative estimate of drug-likeness (QED) is 0.416. The van der Waals surface area contributed by atoms with Crippen molar-refractivity contribution in [2.45, 2.75) is 27.2 Å². The van der Waals surface area contributed by atoms with Gasteiger partial charge in [-0.2, -0.15) is 0 Å². The molecule has 1 saturated carbocycles. The second kappa shape index (κ2) is 2.47. The van der Waals surface area contributed by atoms with Gasteiger partial charge in [-0.3, -0.25) is 0 Å². The van der Waals surface area contributed by atoms with Crippen molar-refractivity contribution in [1.82, 2.24) is 0 Å². The minimum absolute atomic E-state index is 0.142. The Morgan fingerprint density at radius 2 is 2.18 bits per heavy atom. The molecule has 1 fully saturated rings. The molecule has 0 aromatic rings. The van der Waals surface area contributed by atoms with E-state index < -0.39 is 0 Å². The molecule has 0 aromatic heterocycles. The van der Waals surface area contributed by atoms with E-state index in [0.29, 0.717) is 11.8 Å². The zero-order valence-corrected chi connectivity index (χ0v) is 7.55. The summed E-state index contributed by atoms with van der Waals surface area (Å²) in [6, 6.07) is 0. The lowest BCUT2D eigenvalue weighted by atomic mass is 9.80. The molecule has 0 N–H and O–H groups in total. The van der Waals surface area contributed by atoms with Crippen LogP contribution in [0.1, 0.15) is 27.2 Å². The third-order valence-corrected chi connectivity index (χ3v) is 3.31. The van der Waals surface area contributed by atoms with Crippen LogP contribution in [0, 0.1) is 17.3 Å². The first-order valence-corrected chi connectivity index (χ1v) is 4.15. The Balaban J connectivity index is 2.90. The average Bonchev–Trinajstić information content (AvgIpc) is 2.17. The topological polar surface area (TPSA) is 17.1 Å². The predicted octanol–water partition coefficient (Wildman–Crippen LogP) is 2.42. The molecule has 0 aliphatic heterocycles. The Labute approximate surface area is 68.5 Å². The van der Waals surface area contributed by atoms with Gasteiger partial charge in [0.1, 0.15) is 6.29 Å². The summed E-state index contributed by atoms with van der Waals surface area (Å²) in [5, 5.41) is 0. The molecule has 2 unspecified atom stereocenters.